The number of carbonyl (C=O) groups excluding carboxylic acids is 1. The van der Waals surface area contributed by atoms with Crippen molar-refractivity contribution in [2.75, 3.05) is 13.0 Å². The molecule has 0 amide bonds. The molecule has 76 valence electrons. The van der Waals surface area contributed by atoms with E-state index in [1.54, 1.807) is 25.3 Å². The van der Waals surface area contributed by atoms with Gasteiger partial charge in [0.05, 0.1) is 11.6 Å². The number of ketones is 1. The van der Waals surface area contributed by atoms with Crippen LogP contribution < -0.4 is 4.74 Å². The number of Topliss-reactive ketones (excluding diaryl/α,β-unsaturated/α-hetero) is 1. The smallest absolute Gasteiger partial charge is 0.165 e. The summed E-state index contributed by atoms with van der Waals surface area (Å²) in [5, 5.41) is 0. The first-order valence-electron chi connectivity index (χ1n) is 4.12. The standard InChI is InChI=1S/C10H10BrClO2/c1-14-9-4-2-3-7(10(9)11)8(13)5-6-12/h2-4H,5-6H2,1H3. The number of rotatable bonds is 4. The van der Waals surface area contributed by atoms with Gasteiger partial charge >= 0.3 is 0 Å². The maximum Gasteiger partial charge on any atom is 0.165 e. The first-order valence-corrected chi connectivity index (χ1v) is 5.45. The molecule has 0 heterocycles. The summed E-state index contributed by atoms with van der Waals surface area (Å²) in [6.45, 7) is 0. The molecule has 0 N–H and O–H groups in total. The second-order valence-corrected chi connectivity index (χ2v) is 3.85. The van der Waals surface area contributed by atoms with E-state index in [-0.39, 0.29) is 5.78 Å². The first kappa shape index (κ1) is 11.5. The fourth-order valence-corrected chi connectivity index (χ4v) is 1.92. The number of benzene rings is 1. The summed E-state index contributed by atoms with van der Waals surface area (Å²) in [6.07, 6.45) is 0.341. The molecule has 0 aliphatic carbocycles. The van der Waals surface area contributed by atoms with Crippen LogP contribution in [0.5, 0.6) is 5.75 Å². The molecule has 0 unspecified atom stereocenters. The van der Waals surface area contributed by atoms with Gasteiger partial charge in [-0.1, -0.05) is 6.07 Å². The molecule has 1 rings (SSSR count). The lowest BCUT2D eigenvalue weighted by atomic mass is 10.1. The van der Waals surface area contributed by atoms with Gasteiger partial charge < -0.3 is 4.74 Å². The first-order chi connectivity index (χ1) is 6.70. The van der Waals surface area contributed by atoms with E-state index < -0.39 is 0 Å². The number of alkyl halides is 1. The Hall–Kier alpha value is -0.540. The fourth-order valence-electron chi connectivity index (χ4n) is 1.10. The summed E-state index contributed by atoms with van der Waals surface area (Å²) in [6, 6.07) is 5.33. The van der Waals surface area contributed by atoms with Crippen molar-refractivity contribution in [1.82, 2.24) is 0 Å². The van der Waals surface area contributed by atoms with Crippen LogP contribution in [0, 0.1) is 0 Å². The molecule has 0 atom stereocenters. The number of methoxy groups -OCH3 is 1. The summed E-state index contributed by atoms with van der Waals surface area (Å²) in [4.78, 5) is 11.6. The molecule has 0 aliphatic heterocycles. The zero-order valence-corrected chi connectivity index (χ0v) is 10.1. The number of ether oxygens (including phenoxy) is 1. The molecule has 1 aromatic rings. The Morgan fingerprint density at radius 3 is 2.86 bits per heavy atom. The van der Waals surface area contributed by atoms with Crippen molar-refractivity contribution in [3.05, 3.63) is 28.2 Å². The number of hydrogen-bond donors (Lipinski definition) is 0. The van der Waals surface area contributed by atoms with Crippen LogP contribution in [0.4, 0.5) is 0 Å². The highest BCUT2D eigenvalue weighted by Gasteiger charge is 2.12. The molecule has 0 fully saturated rings. The van der Waals surface area contributed by atoms with Gasteiger partial charge in [0.2, 0.25) is 0 Å². The number of carbonyl (C=O) groups is 1. The van der Waals surface area contributed by atoms with Gasteiger partial charge in [-0.05, 0) is 28.1 Å². The fraction of sp³-hybridized carbons (Fsp3) is 0.300. The van der Waals surface area contributed by atoms with E-state index in [4.69, 9.17) is 16.3 Å². The quantitative estimate of drug-likeness (QED) is 0.624. The molecule has 0 spiro atoms. The van der Waals surface area contributed by atoms with Crippen molar-refractivity contribution in [1.29, 1.82) is 0 Å². The van der Waals surface area contributed by atoms with Crippen molar-refractivity contribution in [3.63, 3.8) is 0 Å². The predicted molar refractivity (Wildman–Crippen MR) is 60.4 cm³/mol. The van der Waals surface area contributed by atoms with E-state index in [1.165, 1.54) is 0 Å². The van der Waals surface area contributed by atoms with E-state index in [2.05, 4.69) is 15.9 Å². The van der Waals surface area contributed by atoms with Crippen LogP contribution >= 0.6 is 27.5 Å². The van der Waals surface area contributed by atoms with E-state index >= 15 is 0 Å². The summed E-state index contributed by atoms with van der Waals surface area (Å²) in [7, 11) is 1.57. The van der Waals surface area contributed by atoms with E-state index in [0.29, 0.717) is 28.1 Å². The average molecular weight is 278 g/mol. The Morgan fingerprint density at radius 1 is 1.57 bits per heavy atom. The minimum Gasteiger partial charge on any atom is -0.496 e. The summed E-state index contributed by atoms with van der Waals surface area (Å²) in [5.74, 6) is 1.01. The van der Waals surface area contributed by atoms with Crippen molar-refractivity contribution >= 4 is 33.3 Å². The zero-order valence-electron chi connectivity index (χ0n) is 7.72. The van der Waals surface area contributed by atoms with Crippen molar-refractivity contribution < 1.29 is 9.53 Å². The summed E-state index contributed by atoms with van der Waals surface area (Å²) in [5.41, 5.74) is 0.616. The van der Waals surface area contributed by atoms with Crippen molar-refractivity contribution in [2.45, 2.75) is 6.42 Å². The van der Waals surface area contributed by atoms with Gasteiger partial charge in [0, 0.05) is 17.9 Å². The molecule has 0 aliphatic rings. The lowest BCUT2D eigenvalue weighted by Crippen LogP contribution is -2.01. The predicted octanol–water partition coefficient (Wildman–Crippen LogP) is 3.27. The molecular weight excluding hydrogens is 267 g/mol. The SMILES string of the molecule is COc1cccc(C(=O)CCCl)c1Br. The Kier molecular flexibility index (Phi) is 4.42. The van der Waals surface area contributed by atoms with E-state index in [0.717, 1.165) is 0 Å². The Labute approximate surface area is 96.3 Å². The largest absolute Gasteiger partial charge is 0.496 e. The molecule has 2 nitrogen and oxygen atoms in total. The van der Waals surface area contributed by atoms with Gasteiger partial charge in [-0.3, -0.25) is 4.79 Å². The molecule has 0 saturated carbocycles. The topological polar surface area (TPSA) is 26.3 Å². The third-order valence-corrected chi connectivity index (χ3v) is 2.81. The van der Waals surface area contributed by atoms with Crippen molar-refractivity contribution in [3.8, 4) is 5.75 Å². The number of hydrogen-bond acceptors (Lipinski definition) is 2. The minimum atomic E-state index is 0.0192. The minimum absolute atomic E-state index is 0.0192. The molecule has 4 heteroatoms. The third-order valence-electron chi connectivity index (χ3n) is 1.81. The van der Waals surface area contributed by atoms with Gasteiger partial charge in [-0.25, -0.2) is 0 Å². The Morgan fingerprint density at radius 2 is 2.29 bits per heavy atom. The Bertz CT molecular complexity index is 339. The van der Waals surface area contributed by atoms with Gasteiger partial charge in [-0.15, -0.1) is 11.6 Å². The highest BCUT2D eigenvalue weighted by molar-refractivity contribution is 9.10. The maximum absolute atomic E-state index is 11.6. The highest BCUT2D eigenvalue weighted by atomic mass is 79.9. The van der Waals surface area contributed by atoms with Crippen LogP contribution in [0.3, 0.4) is 0 Å². The van der Waals surface area contributed by atoms with Gasteiger partial charge in [-0.2, -0.15) is 0 Å². The molecule has 14 heavy (non-hydrogen) atoms. The second kappa shape index (κ2) is 5.37. The molecule has 0 aromatic heterocycles. The lowest BCUT2D eigenvalue weighted by Gasteiger charge is -2.06. The molecule has 0 radical (unpaired) electrons. The van der Waals surface area contributed by atoms with Crippen LogP contribution in [-0.4, -0.2) is 18.8 Å². The third kappa shape index (κ3) is 2.49. The van der Waals surface area contributed by atoms with Gasteiger partial charge in [0.1, 0.15) is 5.75 Å². The van der Waals surface area contributed by atoms with Crippen molar-refractivity contribution in [2.24, 2.45) is 0 Å². The van der Waals surface area contributed by atoms with E-state index in [9.17, 15) is 4.79 Å². The normalized spacial score (nSPS) is 9.93. The molecular formula is C10H10BrClO2. The van der Waals surface area contributed by atoms with Gasteiger partial charge in [0.25, 0.3) is 0 Å². The molecule has 0 bridgehead atoms. The average Bonchev–Trinajstić information content (AvgIpc) is 2.18. The lowest BCUT2D eigenvalue weighted by molar-refractivity contribution is 0.0988. The second-order valence-electron chi connectivity index (χ2n) is 2.68. The van der Waals surface area contributed by atoms with Crippen LogP contribution in [0.1, 0.15) is 16.8 Å². The van der Waals surface area contributed by atoms with Crippen LogP contribution in [0.25, 0.3) is 0 Å². The molecule has 0 saturated heterocycles. The summed E-state index contributed by atoms with van der Waals surface area (Å²) < 4.78 is 5.77. The van der Waals surface area contributed by atoms with Crippen LogP contribution in [-0.2, 0) is 0 Å². The number of halogens is 2. The monoisotopic (exact) mass is 276 g/mol. The van der Waals surface area contributed by atoms with Crippen LogP contribution in [0.2, 0.25) is 0 Å². The maximum atomic E-state index is 11.6. The summed E-state index contributed by atoms with van der Waals surface area (Å²) >= 11 is 8.83. The molecule has 1 aromatic carbocycles. The highest BCUT2D eigenvalue weighted by Crippen LogP contribution is 2.29. The Balaban J connectivity index is 3.03. The van der Waals surface area contributed by atoms with Crippen LogP contribution in [0.15, 0.2) is 22.7 Å². The zero-order chi connectivity index (χ0) is 10.6. The van der Waals surface area contributed by atoms with Gasteiger partial charge in [0.15, 0.2) is 5.78 Å². The van der Waals surface area contributed by atoms with E-state index in [1.807, 2.05) is 0 Å².